The molecule has 1 atom stereocenters. The van der Waals surface area contributed by atoms with Crippen LogP contribution in [0, 0.1) is 5.82 Å². The Labute approximate surface area is 115 Å². The van der Waals surface area contributed by atoms with Crippen LogP contribution >= 0.6 is 0 Å². The molecule has 1 unspecified atom stereocenters. The molecule has 2 N–H and O–H groups in total. The molecular formula is C16H25FN2. The van der Waals surface area contributed by atoms with Crippen LogP contribution in [-0.2, 0) is 0 Å². The number of halogens is 1. The van der Waals surface area contributed by atoms with Gasteiger partial charge in [0.1, 0.15) is 5.82 Å². The van der Waals surface area contributed by atoms with Crippen molar-refractivity contribution in [3.63, 3.8) is 0 Å². The number of rotatable bonds is 4. The van der Waals surface area contributed by atoms with E-state index in [4.69, 9.17) is 5.73 Å². The SMILES string of the molecule is NC(CCN1CCCCCCC1)c1cccc(F)c1. The fraction of sp³-hybridized carbons (Fsp3) is 0.625. The maximum absolute atomic E-state index is 13.2. The van der Waals surface area contributed by atoms with Gasteiger partial charge in [-0.1, -0.05) is 31.4 Å². The quantitative estimate of drug-likeness (QED) is 0.902. The van der Waals surface area contributed by atoms with Gasteiger partial charge in [0.2, 0.25) is 0 Å². The minimum atomic E-state index is -0.195. The molecule has 0 radical (unpaired) electrons. The van der Waals surface area contributed by atoms with E-state index in [1.54, 1.807) is 12.1 Å². The first kappa shape index (κ1) is 14.5. The molecule has 0 aromatic heterocycles. The van der Waals surface area contributed by atoms with E-state index >= 15 is 0 Å². The number of likely N-dealkylation sites (tertiary alicyclic amines) is 1. The third-order valence-electron chi connectivity index (χ3n) is 3.98. The number of hydrogen-bond donors (Lipinski definition) is 1. The lowest BCUT2D eigenvalue weighted by Gasteiger charge is -2.25. The summed E-state index contributed by atoms with van der Waals surface area (Å²) < 4.78 is 13.2. The molecule has 1 fully saturated rings. The Balaban J connectivity index is 1.80. The normalized spacial score (nSPS) is 19.7. The fourth-order valence-corrected chi connectivity index (χ4v) is 2.76. The van der Waals surface area contributed by atoms with E-state index in [9.17, 15) is 4.39 Å². The van der Waals surface area contributed by atoms with E-state index in [-0.39, 0.29) is 11.9 Å². The third-order valence-corrected chi connectivity index (χ3v) is 3.98. The highest BCUT2D eigenvalue weighted by Gasteiger charge is 2.11. The molecule has 1 aliphatic rings. The number of nitrogens with two attached hydrogens (primary N) is 1. The maximum Gasteiger partial charge on any atom is 0.123 e. The zero-order valence-electron chi connectivity index (χ0n) is 11.7. The molecule has 0 saturated carbocycles. The van der Waals surface area contributed by atoms with Crippen LogP contribution in [0.4, 0.5) is 4.39 Å². The van der Waals surface area contributed by atoms with Crippen LogP contribution in [0.15, 0.2) is 24.3 Å². The predicted octanol–water partition coefficient (Wildman–Crippen LogP) is 3.48. The number of nitrogens with zero attached hydrogens (tertiary/aromatic N) is 1. The molecule has 0 amide bonds. The Morgan fingerprint density at radius 2 is 1.79 bits per heavy atom. The largest absolute Gasteiger partial charge is 0.324 e. The van der Waals surface area contributed by atoms with Gasteiger partial charge in [-0.05, 0) is 56.6 Å². The van der Waals surface area contributed by atoms with Crippen molar-refractivity contribution in [1.82, 2.24) is 4.90 Å². The summed E-state index contributed by atoms with van der Waals surface area (Å²) >= 11 is 0. The lowest BCUT2D eigenvalue weighted by Crippen LogP contribution is -2.30. The Bertz CT molecular complexity index is 373. The average molecular weight is 264 g/mol. The Hall–Kier alpha value is -0.930. The molecule has 3 heteroatoms. The molecule has 2 rings (SSSR count). The van der Waals surface area contributed by atoms with Gasteiger partial charge in [-0.2, -0.15) is 0 Å². The monoisotopic (exact) mass is 264 g/mol. The van der Waals surface area contributed by atoms with Crippen LogP contribution < -0.4 is 5.73 Å². The molecular weight excluding hydrogens is 239 g/mol. The van der Waals surface area contributed by atoms with Crippen LogP contribution in [-0.4, -0.2) is 24.5 Å². The van der Waals surface area contributed by atoms with Crippen LogP contribution in [0.2, 0.25) is 0 Å². The standard InChI is InChI=1S/C16H25FN2/c17-15-8-6-7-14(13-15)16(18)9-12-19-10-4-2-1-3-5-11-19/h6-8,13,16H,1-5,9-12,18H2. The molecule has 0 aliphatic carbocycles. The average Bonchev–Trinajstić information content (AvgIpc) is 2.37. The smallest absolute Gasteiger partial charge is 0.123 e. The second-order valence-corrected chi connectivity index (χ2v) is 5.56. The van der Waals surface area contributed by atoms with E-state index in [0.717, 1.165) is 18.5 Å². The molecule has 0 spiro atoms. The first-order valence-electron chi connectivity index (χ1n) is 7.49. The zero-order chi connectivity index (χ0) is 13.5. The molecule has 0 bridgehead atoms. The third kappa shape index (κ3) is 4.92. The summed E-state index contributed by atoms with van der Waals surface area (Å²) in [6.45, 7) is 3.41. The van der Waals surface area contributed by atoms with Crippen molar-refractivity contribution >= 4 is 0 Å². The second kappa shape index (κ2) is 7.61. The number of hydrogen-bond acceptors (Lipinski definition) is 2. The minimum absolute atomic E-state index is 0.0545. The van der Waals surface area contributed by atoms with E-state index in [1.165, 1.54) is 51.3 Å². The minimum Gasteiger partial charge on any atom is -0.324 e. The first-order valence-corrected chi connectivity index (χ1v) is 7.49. The second-order valence-electron chi connectivity index (χ2n) is 5.56. The molecule has 1 heterocycles. The van der Waals surface area contributed by atoms with E-state index in [2.05, 4.69) is 4.90 Å². The van der Waals surface area contributed by atoms with Gasteiger partial charge in [0.15, 0.2) is 0 Å². The van der Waals surface area contributed by atoms with E-state index in [1.807, 2.05) is 6.07 Å². The number of benzene rings is 1. The summed E-state index contributed by atoms with van der Waals surface area (Å²) in [6.07, 6.45) is 7.60. The molecule has 2 nitrogen and oxygen atoms in total. The van der Waals surface area contributed by atoms with Gasteiger partial charge in [-0.3, -0.25) is 0 Å². The summed E-state index contributed by atoms with van der Waals surface area (Å²) in [5, 5.41) is 0. The van der Waals surface area contributed by atoms with Crippen molar-refractivity contribution in [2.75, 3.05) is 19.6 Å². The molecule has 19 heavy (non-hydrogen) atoms. The summed E-state index contributed by atoms with van der Waals surface area (Å²) in [4.78, 5) is 2.51. The lowest BCUT2D eigenvalue weighted by atomic mass is 10.0. The van der Waals surface area contributed by atoms with Gasteiger partial charge >= 0.3 is 0 Å². The van der Waals surface area contributed by atoms with E-state index < -0.39 is 0 Å². The highest BCUT2D eigenvalue weighted by atomic mass is 19.1. The Morgan fingerprint density at radius 1 is 1.11 bits per heavy atom. The molecule has 1 aliphatic heterocycles. The van der Waals surface area contributed by atoms with Gasteiger partial charge < -0.3 is 10.6 Å². The van der Waals surface area contributed by atoms with Crippen molar-refractivity contribution < 1.29 is 4.39 Å². The van der Waals surface area contributed by atoms with Gasteiger partial charge in [0, 0.05) is 6.04 Å². The summed E-state index contributed by atoms with van der Waals surface area (Å²) in [5.74, 6) is -0.195. The Morgan fingerprint density at radius 3 is 2.47 bits per heavy atom. The van der Waals surface area contributed by atoms with Gasteiger partial charge in [-0.25, -0.2) is 4.39 Å². The van der Waals surface area contributed by atoms with Crippen molar-refractivity contribution in [3.05, 3.63) is 35.6 Å². The van der Waals surface area contributed by atoms with Crippen LogP contribution in [0.1, 0.15) is 50.1 Å². The molecule has 106 valence electrons. The highest BCUT2D eigenvalue weighted by Crippen LogP contribution is 2.17. The molecule has 1 saturated heterocycles. The van der Waals surface area contributed by atoms with Crippen LogP contribution in [0.25, 0.3) is 0 Å². The summed E-state index contributed by atoms with van der Waals surface area (Å²) in [6, 6.07) is 6.62. The predicted molar refractivity (Wildman–Crippen MR) is 77.5 cm³/mol. The van der Waals surface area contributed by atoms with Crippen LogP contribution in [0.5, 0.6) is 0 Å². The van der Waals surface area contributed by atoms with E-state index in [0.29, 0.717) is 0 Å². The lowest BCUT2D eigenvalue weighted by molar-refractivity contribution is 0.239. The van der Waals surface area contributed by atoms with Crippen LogP contribution in [0.3, 0.4) is 0 Å². The van der Waals surface area contributed by atoms with Crippen molar-refractivity contribution in [2.24, 2.45) is 5.73 Å². The Kier molecular flexibility index (Phi) is 5.80. The zero-order valence-corrected chi connectivity index (χ0v) is 11.7. The summed E-state index contributed by atoms with van der Waals surface area (Å²) in [5.41, 5.74) is 7.07. The highest BCUT2D eigenvalue weighted by molar-refractivity contribution is 5.19. The molecule has 1 aromatic carbocycles. The van der Waals surface area contributed by atoms with Gasteiger partial charge in [-0.15, -0.1) is 0 Å². The van der Waals surface area contributed by atoms with Crippen molar-refractivity contribution in [3.8, 4) is 0 Å². The summed E-state index contributed by atoms with van der Waals surface area (Å²) in [7, 11) is 0. The maximum atomic E-state index is 13.2. The topological polar surface area (TPSA) is 29.3 Å². The van der Waals surface area contributed by atoms with Gasteiger partial charge in [0.25, 0.3) is 0 Å². The fourth-order valence-electron chi connectivity index (χ4n) is 2.76. The van der Waals surface area contributed by atoms with Crippen molar-refractivity contribution in [1.29, 1.82) is 0 Å². The molecule has 1 aromatic rings. The van der Waals surface area contributed by atoms with Crippen molar-refractivity contribution in [2.45, 2.75) is 44.6 Å². The van der Waals surface area contributed by atoms with Gasteiger partial charge in [0.05, 0.1) is 0 Å². The first-order chi connectivity index (χ1) is 9.25.